The van der Waals surface area contributed by atoms with Gasteiger partial charge in [0.15, 0.2) is 17.7 Å². The summed E-state index contributed by atoms with van der Waals surface area (Å²) in [6, 6.07) is 0. The minimum absolute atomic E-state index is 0.116. The Balaban J connectivity index is 2.18. The molecule has 0 amide bonds. The van der Waals surface area contributed by atoms with E-state index in [1.807, 2.05) is 0 Å². The van der Waals surface area contributed by atoms with Gasteiger partial charge in [0, 0.05) is 0 Å². The zero-order valence-electron chi connectivity index (χ0n) is 8.33. The summed E-state index contributed by atoms with van der Waals surface area (Å²) in [5.74, 6) is 0.380. The number of rotatable bonds is 1. The molecule has 3 heterocycles. The highest BCUT2D eigenvalue weighted by molar-refractivity contribution is 5.82. The lowest BCUT2D eigenvalue weighted by molar-refractivity contribution is 0.0248. The first-order valence-electron chi connectivity index (χ1n) is 4.70. The molecule has 16 heavy (non-hydrogen) atoms. The van der Waals surface area contributed by atoms with Gasteiger partial charge < -0.3 is 20.9 Å². The molecular formula is C8H10N6O2. The van der Waals surface area contributed by atoms with Crippen LogP contribution in [0.4, 0.5) is 11.8 Å². The molecular weight excluding hydrogens is 212 g/mol. The number of nitrogen functional groups attached to an aromatic ring is 2. The smallest absolute Gasteiger partial charge is 0.224 e. The highest BCUT2D eigenvalue weighted by Gasteiger charge is 2.21. The van der Waals surface area contributed by atoms with Crippen LogP contribution < -0.4 is 11.5 Å². The summed E-state index contributed by atoms with van der Waals surface area (Å²) in [5, 5.41) is 0. The fraction of sp³-hybridized carbons (Fsp3) is 0.375. The summed E-state index contributed by atoms with van der Waals surface area (Å²) < 4.78 is 12.2. The minimum atomic E-state index is -0.237. The van der Waals surface area contributed by atoms with Gasteiger partial charge in [-0.3, -0.25) is 4.57 Å². The molecule has 0 bridgehead atoms. The molecule has 0 saturated carbocycles. The van der Waals surface area contributed by atoms with Crippen molar-refractivity contribution in [2.24, 2.45) is 0 Å². The van der Waals surface area contributed by atoms with E-state index in [9.17, 15) is 0 Å². The van der Waals surface area contributed by atoms with Crippen LogP contribution in [0.25, 0.3) is 11.2 Å². The van der Waals surface area contributed by atoms with Gasteiger partial charge in [0.05, 0.1) is 12.9 Å². The fourth-order valence-corrected chi connectivity index (χ4v) is 1.65. The second kappa shape index (κ2) is 3.29. The van der Waals surface area contributed by atoms with E-state index in [2.05, 4.69) is 15.0 Å². The Hall–Kier alpha value is -1.93. The zero-order valence-corrected chi connectivity index (χ0v) is 8.33. The van der Waals surface area contributed by atoms with Gasteiger partial charge >= 0.3 is 0 Å². The number of imidazole rings is 1. The molecule has 1 aliphatic heterocycles. The van der Waals surface area contributed by atoms with Gasteiger partial charge in [0.1, 0.15) is 12.3 Å². The van der Waals surface area contributed by atoms with Gasteiger partial charge in [0.2, 0.25) is 5.95 Å². The summed E-state index contributed by atoms with van der Waals surface area (Å²) in [6.45, 7) is 0.718. The van der Waals surface area contributed by atoms with Gasteiger partial charge in [-0.1, -0.05) is 0 Å². The largest absolute Gasteiger partial charge is 0.382 e. The van der Waals surface area contributed by atoms with E-state index in [1.54, 1.807) is 10.9 Å². The van der Waals surface area contributed by atoms with Crippen LogP contribution in [0.5, 0.6) is 0 Å². The first-order valence-corrected chi connectivity index (χ1v) is 4.70. The van der Waals surface area contributed by atoms with E-state index in [1.165, 1.54) is 0 Å². The Morgan fingerprint density at radius 3 is 3.00 bits per heavy atom. The zero-order chi connectivity index (χ0) is 11.1. The molecule has 4 N–H and O–H groups in total. The minimum Gasteiger partial charge on any atom is -0.382 e. The predicted molar refractivity (Wildman–Crippen MR) is 55.1 cm³/mol. The van der Waals surface area contributed by atoms with Gasteiger partial charge in [-0.2, -0.15) is 9.97 Å². The SMILES string of the molecule is Nc1nc(N)c2ncn(C3COCO3)c2n1. The van der Waals surface area contributed by atoms with E-state index in [4.69, 9.17) is 20.9 Å². The highest BCUT2D eigenvalue weighted by Crippen LogP contribution is 2.23. The van der Waals surface area contributed by atoms with E-state index in [0.717, 1.165) is 0 Å². The second-order valence-electron chi connectivity index (χ2n) is 3.40. The van der Waals surface area contributed by atoms with E-state index < -0.39 is 0 Å². The van der Waals surface area contributed by atoms with Crippen LogP contribution in [0.1, 0.15) is 6.23 Å². The molecule has 2 aromatic heterocycles. The number of anilines is 2. The molecule has 2 aromatic rings. The molecule has 3 rings (SSSR count). The standard InChI is InChI=1S/C8H10N6O2/c9-6-5-7(13-8(10)12-6)14(2-11-5)4-1-15-3-16-4/h2,4H,1,3H2,(H4,9,10,12,13). The van der Waals surface area contributed by atoms with Crippen molar-refractivity contribution in [3.63, 3.8) is 0 Å². The quantitative estimate of drug-likeness (QED) is 0.668. The monoisotopic (exact) mass is 222 g/mol. The molecule has 1 aliphatic rings. The van der Waals surface area contributed by atoms with Crippen molar-refractivity contribution in [1.29, 1.82) is 0 Å². The van der Waals surface area contributed by atoms with Crippen LogP contribution >= 0.6 is 0 Å². The van der Waals surface area contributed by atoms with Crippen LogP contribution in [-0.2, 0) is 9.47 Å². The summed E-state index contributed by atoms with van der Waals surface area (Å²) in [5.41, 5.74) is 12.3. The summed E-state index contributed by atoms with van der Waals surface area (Å²) in [7, 11) is 0. The van der Waals surface area contributed by atoms with Crippen molar-refractivity contribution in [1.82, 2.24) is 19.5 Å². The topological polar surface area (TPSA) is 114 Å². The van der Waals surface area contributed by atoms with Crippen LogP contribution in [0, 0.1) is 0 Å². The van der Waals surface area contributed by atoms with Crippen molar-refractivity contribution in [2.45, 2.75) is 6.23 Å². The van der Waals surface area contributed by atoms with Gasteiger partial charge in [-0.15, -0.1) is 0 Å². The number of ether oxygens (including phenoxy) is 2. The third kappa shape index (κ3) is 1.27. The average molecular weight is 222 g/mol. The normalized spacial score (nSPS) is 20.6. The molecule has 0 aromatic carbocycles. The summed E-state index contributed by atoms with van der Waals surface area (Å²) >= 11 is 0. The molecule has 1 unspecified atom stereocenters. The first-order chi connectivity index (χ1) is 7.75. The molecule has 8 nitrogen and oxygen atoms in total. The number of nitrogens with zero attached hydrogens (tertiary/aromatic N) is 4. The third-order valence-corrected chi connectivity index (χ3v) is 2.38. The molecule has 0 radical (unpaired) electrons. The Labute approximate surface area is 90.2 Å². The summed E-state index contributed by atoms with van der Waals surface area (Å²) in [4.78, 5) is 12.1. The van der Waals surface area contributed by atoms with Crippen molar-refractivity contribution >= 4 is 22.9 Å². The van der Waals surface area contributed by atoms with E-state index in [-0.39, 0.29) is 24.8 Å². The molecule has 0 aliphatic carbocycles. The first kappa shape index (κ1) is 9.31. The number of fused-ring (bicyclic) bond motifs is 1. The van der Waals surface area contributed by atoms with Gasteiger partial charge in [-0.25, -0.2) is 4.98 Å². The lowest BCUT2D eigenvalue weighted by Crippen LogP contribution is -2.11. The van der Waals surface area contributed by atoms with E-state index >= 15 is 0 Å². The number of nitrogens with two attached hydrogens (primary N) is 2. The van der Waals surface area contributed by atoms with Crippen LogP contribution in [-0.4, -0.2) is 32.9 Å². The predicted octanol–water partition coefficient (Wildman–Crippen LogP) is -0.506. The van der Waals surface area contributed by atoms with Crippen LogP contribution in [0.3, 0.4) is 0 Å². The van der Waals surface area contributed by atoms with Crippen molar-refractivity contribution in [3.8, 4) is 0 Å². The Bertz CT molecular complexity index is 533. The number of hydrogen-bond acceptors (Lipinski definition) is 7. The van der Waals surface area contributed by atoms with Gasteiger partial charge in [-0.05, 0) is 0 Å². The number of aromatic nitrogens is 4. The highest BCUT2D eigenvalue weighted by atomic mass is 16.7. The Kier molecular flexibility index (Phi) is 1.91. The molecule has 1 atom stereocenters. The van der Waals surface area contributed by atoms with Crippen molar-refractivity contribution in [3.05, 3.63) is 6.33 Å². The second-order valence-corrected chi connectivity index (χ2v) is 3.40. The average Bonchev–Trinajstić information content (AvgIpc) is 2.83. The molecule has 8 heteroatoms. The van der Waals surface area contributed by atoms with Crippen LogP contribution in [0.2, 0.25) is 0 Å². The number of hydrogen-bond donors (Lipinski definition) is 2. The van der Waals surface area contributed by atoms with Crippen molar-refractivity contribution in [2.75, 3.05) is 24.9 Å². The van der Waals surface area contributed by atoms with E-state index in [0.29, 0.717) is 17.8 Å². The maximum Gasteiger partial charge on any atom is 0.224 e. The van der Waals surface area contributed by atoms with Crippen molar-refractivity contribution < 1.29 is 9.47 Å². The van der Waals surface area contributed by atoms with Crippen LogP contribution in [0.15, 0.2) is 6.33 Å². The Morgan fingerprint density at radius 2 is 2.25 bits per heavy atom. The third-order valence-electron chi connectivity index (χ3n) is 2.38. The fourth-order valence-electron chi connectivity index (χ4n) is 1.65. The lowest BCUT2D eigenvalue weighted by Gasteiger charge is -2.09. The maximum absolute atomic E-state index is 5.69. The molecule has 0 spiro atoms. The lowest BCUT2D eigenvalue weighted by atomic mass is 10.5. The molecule has 1 saturated heterocycles. The summed E-state index contributed by atoms with van der Waals surface area (Å²) in [6.07, 6.45) is 1.35. The van der Waals surface area contributed by atoms with Gasteiger partial charge in [0.25, 0.3) is 0 Å². The Morgan fingerprint density at radius 1 is 1.38 bits per heavy atom. The molecule has 1 fully saturated rings. The molecule has 84 valence electrons. The maximum atomic E-state index is 5.69.